The maximum absolute atomic E-state index is 2.43. The second kappa shape index (κ2) is 1.03. The molecule has 9 heavy (non-hydrogen) atoms. The van der Waals surface area contributed by atoms with E-state index in [1.807, 2.05) is 0 Å². The normalized spacial score (nSPS) is 50.6. The van der Waals surface area contributed by atoms with Gasteiger partial charge in [0.05, 0.1) is 0 Å². The van der Waals surface area contributed by atoms with Crippen molar-refractivity contribution in [2.24, 2.45) is 17.8 Å². The topological polar surface area (TPSA) is 0 Å². The second-order valence-electron chi connectivity index (χ2n) is 3.59. The maximum atomic E-state index is 2.43. The first-order valence-corrected chi connectivity index (χ1v) is 3.80. The van der Waals surface area contributed by atoms with Crippen molar-refractivity contribution in [1.82, 2.24) is 0 Å². The molecule has 0 heteroatoms. The van der Waals surface area contributed by atoms with Crippen molar-refractivity contribution < 1.29 is 0 Å². The van der Waals surface area contributed by atoms with E-state index < -0.39 is 0 Å². The van der Waals surface area contributed by atoms with E-state index in [9.17, 15) is 0 Å². The van der Waals surface area contributed by atoms with E-state index >= 15 is 0 Å². The lowest BCUT2D eigenvalue weighted by molar-refractivity contribution is 0.448. The van der Waals surface area contributed by atoms with E-state index in [1.54, 1.807) is 11.1 Å². The van der Waals surface area contributed by atoms with Crippen molar-refractivity contribution in [1.29, 1.82) is 0 Å². The van der Waals surface area contributed by atoms with Crippen molar-refractivity contribution >= 4 is 0 Å². The summed E-state index contributed by atoms with van der Waals surface area (Å²) in [5.74, 6) is 2.78. The van der Waals surface area contributed by atoms with Crippen molar-refractivity contribution in [2.75, 3.05) is 0 Å². The Hall–Kier alpha value is -0.520. The molecule has 0 aliphatic heterocycles. The molecule has 46 valence electrons. The quantitative estimate of drug-likeness (QED) is 0.457. The standard InChI is InChI=1S/C9H10/c1-5-2-6-3-8(6)9-4-7(5)9/h3-7H,2H2,1H3. The highest BCUT2D eigenvalue weighted by atomic mass is 14.5. The SMILES string of the molecule is CC1CC2C=C2C2=CC21. The highest BCUT2D eigenvalue weighted by Gasteiger charge is 2.46. The van der Waals surface area contributed by atoms with E-state index in [-0.39, 0.29) is 0 Å². The number of hydrogen-bond acceptors (Lipinski definition) is 0. The molecule has 3 atom stereocenters. The molecule has 3 rings (SSSR count). The molecule has 0 aromatic heterocycles. The van der Waals surface area contributed by atoms with Crippen molar-refractivity contribution in [3.05, 3.63) is 23.3 Å². The second-order valence-corrected chi connectivity index (χ2v) is 3.59. The average molecular weight is 118 g/mol. The minimum atomic E-state index is 0.912. The first kappa shape index (κ1) is 4.32. The Bertz CT molecular complexity index is 232. The van der Waals surface area contributed by atoms with Crippen LogP contribution in [0.2, 0.25) is 0 Å². The van der Waals surface area contributed by atoms with E-state index in [0.717, 1.165) is 17.8 Å². The molecule has 0 aromatic carbocycles. The summed E-state index contributed by atoms with van der Waals surface area (Å²) in [6.45, 7) is 2.37. The molecule has 3 unspecified atom stereocenters. The molecular weight excluding hydrogens is 108 g/mol. The van der Waals surface area contributed by atoms with Crippen LogP contribution < -0.4 is 0 Å². The molecule has 1 saturated carbocycles. The van der Waals surface area contributed by atoms with Crippen LogP contribution in [0.3, 0.4) is 0 Å². The smallest absolute Gasteiger partial charge is 0.00500 e. The third-order valence-corrected chi connectivity index (χ3v) is 2.85. The monoisotopic (exact) mass is 118 g/mol. The van der Waals surface area contributed by atoms with Crippen LogP contribution in [0, 0.1) is 17.8 Å². The van der Waals surface area contributed by atoms with Crippen LogP contribution in [0.5, 0.6) is 0 Å². The fourth-order valence-corrected chi connectivity index (χ4v) is 2.13. The third-order valence-electron chi connectivity index (χ3n) is 2.85. The fraction of sp³-hybridized carbons (Fsp3) is 0.556. The van der Waals surface area contributed by atoms with Crippen molar-refractivity contribution in [3.8, 4) is 0 Å². The minimum absolute atomic E-state index is 0.912. The molecule has 0 aromatic rings. The van der Waals surface area contributed by atoms with Gasteiger partial charge in [0, 0.05) is 11.8 Å². The lowest BCUT2D eigenvalue weighted by Gasteiger charge is -2.15. The predicted molar refractivity (Wildman–Crippen MR) is 36.9 cm³/mol. The number of rotatable bonds is 0. The summed E-state index contributed by atoms with van der Waals surface area (Å²) >= 11 is 0. The van der Waals surface area contributed by atoms with Crippen molar-refractivity contribution in [2.45, 2.75) is 13.3 Å². The molecule has 0 spiro atoms. The van der Waals surface area contributed by atoms with E-state index in [1.165, 1.54) is 6.42 Å². The summed E-state index contributed by atoms with van der Waals surface area (Å²) in [5.41, 5.74) is 3.39. The minimum Gasteiger partial charge on any atom is -0.0729 e. The summed E-state index contributed by atoms with van der Waals surface area (Å²) in [6, 6.07) is 0. The molecule has 0 nitrogen and oxygen atoms in total. The number of hydrogen-bond donors (Lipinski definition) is 0. The zero-order valence-electron chi connectivity index (χ0n) is 5.59. The van der Waals surface area contributed by atoms with Gasteiger partial charge in [0.25, 0.3) is 0 Å². The lowest BCUT2D eigenvalue weighted by atomic mass is 9.89. The Kier molecular flexibility index (Phi) is 0.493. The molecule has 3 aliphatic carbocycles. The molecule has 0 saturated heterocycles. The largest absolute Gasteiger partial charge is 0.0729 e. The van der Waals surface area contributed by atoms with Gasteiger partial charge in [0.2, 0.25) is 0 Å². The van der Waals surface area contributed by atoms with Gasteiger partial charge in [-0.2, -0.15) is 0 Å². The van der Waals surface area contributed by atoms with Crippen LogP contribution in [0.1, 0.15) is 13.3 Å². The summed E-state index contributed by atoms with van der Waals surface area (Å²) in [6.07, 6.45) is 6.29. The highest BCUT2D eigenvalue weighted by molar-refractivity contribution is 5.59. The zero-order valence-corrected chi connectivity index (χ0v) is 5.59. The Balaban J connectivity index is 1.97. The van der Waals surface area contributed by atoms with E-state index in [2.05, 4.69) is 19.1 Å². The summed E-state index contributed by atoms with van der Waals surface area (Å²) in [5, 5.41) is 0. The van der Waals surface area contributed by atoms with Gasteiger partial charge in [-0.25, -0.2) is 0 Å². The third kappa shape index (κ3) is 0.407. The summed E-state index contributed by atoms with van der Waals surface area (Å²) in [7, 11) is 0. The van der Waals surface area contributed by atoms with Crippen LogP contribution in [0.25, 0.3) is 0 Å². The van der Waals surface area contributed by atoms with Gasteiger partial charge in [-0.05, 0) is 23.5 Å². The zero-order chi connectivity index (χ0) is 6.01. The summed E-state index contributed by atoms with van der Waals surface area (Å²) in [4.78, 5) is 0. The maximum Gasteiger partial charge on any atom is 0.00500 e. The van der Waals surface area contributed by atoms with Gasteiger partial charge in [0.1, 0.15) is 0 Å². The number of allylic oxidation sites excluding steroid dienone is 4. The molecule has 0 amide bonds. The van der Waals surface area contributed by atoms with E-state index in [4.69, 9.17) is 0 Å². The molecular formula is C9H10. The van der Waals surface area contributed by atoms with Gasteiger partial charge in [0.15, 0.2) is 0 Å². The predicted octanol–water partition coefficient (Wildman–Crippen LogP) is 2.14. The van der Waals surface area contributed by atoms with Gasteiger partial charge < -0.3 is 0 Å². The van der Waals surface area contributed by atoms with E-state index in [0.29, 0.717) is 0 Å². The van der Waals surface area contributed by atoms with Crippen LogP contribution in [-0.4, -0.2) is 0 Å². The molecule has 0 N–H and O–H groups in total. The Morgan fingerprint density at radius 2 is 2.22 bits per heavy atom. The van der Waals surface area contributed by atoms with Gasteiger partial charge in [-0.15, -0.1) is 0 Å². The summed E-state index contributed by atoms with van der Waals surface area (Å²) < 4.78 is 0. The van der Waals surface area contributed by atoms with Gasteiger partial charge in [-0.1, -0.05) is 19.1 Å². The molecule has 3 aliphatic rings. The van der Waals surface area contributed by atoms with Crippen LogP contribution >= 0.6 is 0 Å². The average Bonchev–Trinajstić information content (AvgIpc) is 2.54. The van der Waals surface area contributed by atoms with Crippen LogP contribution in [0.15, 0.2) is 23.3 Å². The highest BCUT2D eigenvalue weighted by Crippen LogP contribution is 2.58. The Morgan fingerprint density at radius 1 is 1.33 bits per heavy atom. The van der Waals surface area contributed by atoms with Crippen molar-refractivity contribution in [3.63, 3.8) is 0 Å². The van der Waals surface area contributed by atoms with Gasteiger partial charge in [-0.3, -0.25) is 0 Å². The first-order chi connectivity index (χ1) is 4.36. The number of fused-ring (bicyclic) bond motifs is 3. The van der Waals surface area contributed by atoms with Crippen LogP contribution in [0.4, 0.5) is 0 Å². The fourth-order valence-electron chi connectivity index (χ4n) is 2.13. The lowest BCUT2D eigenvalue weighted by Crippen LogP contribution is -2.06. The first-order valence-electron chi connectivity index (χ1n) is 3.80. The molecule has 0 heterocycles. The molecule has 0 bridgehead atoms. The van der Waals surface area contributed by atoms with Gasteiger partial charge >= 0.3 is 0 Å². The Morgan fingerprint density at radius 3 is 3.11 bits per heavy atom. The Labute approximate surface area is 55.3 Å². The van der Waals surface area contributed by atoms with Crippen LogP contribution in [-0.2, 0) is 0 Å². The molecule has 0 radical (unpaired) electrons. The molecule has 1 fully saturated rings.